The Bertz CT molecular complexity index is 596. The molecular weight excluding hydrogens is 300 g/mol. The van der Waals surface area contributed by atoms with Crippen molar-refractivity contribution in [1.29, 1.82) is 0 Å². The largest absolute Gasteiger partial charge is 0.325 e. The molecule has 0 aliphatic rings. The predicted octanol–water partition coefficient (Wildman–Crippen LogP) is 2.94. The lowest BCUT2D eigenvalue weighted by Crippen LogP contribution is -2.19. The summed E-state index contributed by atoms with van der Waals surface area (Å²) in [4.78, 5) is 23.3. The molecule has 2 heterocycles. The third-order valence-electron chi connectivity index (χ3n) is 2.23. The van der Waals surface area contributed by atoms with Gasteiger partial charge in [0, 0.05) is 4.88 Å². The number of urea groups is 1. The molecule has 0 aliphatic heterocycles. The molecule has 20 heavy (non-hydrogen) atoms. The monoisotopic (exact) mass is 314 g/mol. The van der Waals surface area contributed by atoms with E-state index in [-0.39, 0.29) is 12.6 Å². The van der Waals surface area contributed by atoms with Gasteiger partial charge in [0.1, 0.15) is 11.6 Å². The first-order valence-electron chi connectivity index (χ1n) is 5.71. The van der Waals surface area contributed by atoms with Crippen molar-refractivity contribution >= 4 is 39.5 Å². The van der Waals surface area contributed by atoms with Crippen molar-refractivity contribution in [1.82, 2.24) is 10.2 Å². The summed E-state index contributed by atoms with van der Waals surface area (Å²) in [6, 6.07) is 1.52. The lowest BCUT2D eigenvalue weighted by Gasteiger charge is -2.05. The fourth-order valence-corrected chi connectivity index (χ4v) is 2.96. The van der Waals surface area contributed by atoms with Crippen LogP contribution in [0.2, 0.25) is 0 Å². The van der Waals surface area contributed by atoms with Gasteiger partial charge in [0.25, 0.3) is 0 Å². The molecule has 9 heteroatoms. The van der Waals surface area contributed by atoms with Crippen molar-refractivity contribution in [3.05, 3.63) is 20.8 Å². The molecule has 2 aromatic rings. The highest BCUT2D eigenvalue weighted by Crippen LogP contribution is 2.27. The topological polar surface area (TPSA) is 85.4 Å². The Kier molecular flexibility index (Phi) is 5.01. The number of carbonyl (C=O) groups excluding carboxylic acids is 1. The summed E-state index contributed by atoms with van der Waals surface area (Å²) < 4.78 is 0. The Morgan fingerprint density at radius 2 is 2.10 bits per heavy atom. The normalized spacial score (nSPS) is 10.6. The van der Waals surface area contributed by atoms with Crippen LogP contribution in [-0.4, -0.2) is 23.3 Å². The van der Waals surface area contributed by atoms with Crippen LogP contribution in [-0.2, 0) is 16.4 Å². The molecule has 0 bridgehead atoms. The molecule has 108 valence electrons. The number of hydrogen-bond acceptors (Lipinski definition) is 7. The van der Waals surface area contributed by atoms with Crippen LogP contribution in [0.4, 0.5) is 15.6 Å². The van der Waals surface area contributed by atoms with Gasteiger partial charge in [-0.2, -0.15) is 0 Å². The van der Waals surface area contributed by atoms with Gasteiger partial charge in [-0.05, 0) is 19.9 Å². The van der Waals surface area contributed by atoms with E-state index in [2.05, 4.69) is 25.7 Å². The number of hydrogen-bond donors (Lipinski definition) is 2. The van der Waals surface area contributed by atoms with Gasteiger partial charge < -0.3 is 5.32 Å². The molecule has 0 unspecified atom stereocenters. The minimum Gasteiger partial charge on any atom is -0.306 e. The predicted molar refractivity (Wildman–Crippen MR) is 78.1 cm³/mol. The number of rotatable bonds is 5. The molecule has 2 N–H and O–H groups in total. The quantitative estimate of drug-likeness (QED) is 0.654. The Hall–Kier alpha value is -1.55. The molecule has 7 nitrogen and oxygen atoms in total. The lowest BCUT2D eigenvalue weighted by atomic mass is 10.3. The number of carbonyl (C=O) groups is 1. The van der Waals surface area contributed by atoms with Gasteiger partial charge in [0.2, 0.25) is 5.13 Å². The highest BCUT2D eigenvalue weighted by atomic mass is 32.1. The van der Waals surface area contributed by atoms with Gasteiger partial charge in [-0.25, -0.2) is 14.6 Å². The van der Waals surface area contributed by atoms with Crippen LogP contribution in [0, 0.1) is 13.8 Å². The summed E-state index contributed by atoms with van der Waals surface area (Å²) >= 11 is 2.85. The van der Waals surface area contributed by atoms with Gasteiger partial charge >= 0.3 is 6.03 Å². The summed E-state index contributed by atoms with van der Waals surface area (Å²) in [5.74, 6) is 0. The third kappa shape index (κ3) is 3.97. The van der Waals surface area contributed by atoms with E-state index in [4.69, 9.17) is 4.89 Å². The number of nitrogens with one attached hydrogen (secondary N) is 2. The smallest absolute Gasteiger partial charge is 0.306 e. The number of nitrogens with zero attached hydrogens (tertiary/aromatic N) is 2. The number of anilines is 2. The summed E-state index contributed by atoms with van der Waals surface area (Å²) in [5.41, 5.74) is 0.697. The first-order chi connectivity index (χ1) is 9.58. The van der Waals surface area contributed by atoms with Crippen LogP contribution in [0.5, 0.6) is 0 Å². The zero-order chi connectivity index (χ0) is 14.5. The molecule has 0 aromatic carbocycles. The van der Waals surface area contributed by atoms with Crippen molar-refractivity contribution in [2.24, 2.45) is 0 Å². The van der Waals surface area contributed by atoms with Crippen molar-refractivity contribution < 1.29 is 14.6 Å². The van der Waals surface area contributed by atoms with E-state index in [1.165, 1.54) is 29.8 Å². The minimum absolute atomic E-state index is 0.280. The SMILES string of the molecule is COOCc1sc(C)cc1NC(=O)Nc1nnc(C)s1. The number of amides is 2. The summed E-state index contributed by atoms with van der Waals surface area (Å²) in [5, 5.41) is 14.3. The van der Waals surface area contributed by atoms with Crippen molar-refractivity contribution in [3.8, 4) is 0 Å². The van der Waals surface area contributed by atoms with E-state index in [1.54, 1.807) is 0 Å². The second-order valence-electron chi connectivity index (χ2n) is 3.83. The maximum atomic E-state index is 11.9. The molecule has 0 saturated heterocycles. The molecule has 0 atom stereocenters. The zero-order valence-electron chi connectivity index (χ0n) is 11.2. The van der Waals surface area contributed by atoms with Gasteiger partial charge in [-0.3, -0.25) is 5.32 Å². The minimum atomic E-state index is -0.363. The average Bonchev–Trinajstić information content (AvgIpc) is 2.93. The highest BCUT2D eigenvalue weighted by molar-refractivity contribution is 7.15. The summed E-state index contributed by atoms with van der Waals surface area (Å²) in [6.45, 7) is 4.06. The van der Waals surface area contributed by atoms with Crippen LogP contribution in [0.25, 0.3) is 0 Å². The summed E-state index contributed by atoms with van der Waals surface area (Å²) in [7, 11) is 1.44. The van der Waals surface area contributed by atoms with Crippen LogP contribution < -0.4 is 10.6 Å². The van der Waals surface area contributed by atoms with Crippen molar-refractivity contribution in [3.63, 3.8) is 0 Å². The molecule has 0 aliphatic carbocycles. The van der Waals surface area contributed by atoms with Crippen LogP contribution in [0.1, 0.15) is 14.8 Å². The first kappa shape index (κ1) is 14.9. The molecule has 0 saturated carbocycles. The second-order valence-corrected chi connectivity index (χ2v) is 6.35. The summed E-state index contributed by atoms with van der Waals surface area (Å²) in [6.07, 6.45) is 0. The van der Waals surface area contributed by atoms with Crippen molar-refractivity contribution in [2.45, 2.75) is 20.5 Å². The maximum Gasteiger partial charge on any atom is 0.325 e. The lowest BCUT2D eigenvalue weighted by molar-refractivity contribution is -0.281. The van der Waals surface area contributed by atoms with E-state index in [9.17, 15) is 4.79 Å². The Balaban J connectivity index is 1.99. The zero-order valence-corrected chi connectivity index (χ0v) is 12.9. The van der Waals surface area contributed by atoms with Crippen LogP contribution in [0.3, 0.4) is 0 Å². The van der Waals surface area contributed by atoms with E-state index >= 15 is 0 Å². The maximum absolute atomic E-state index is 11.9. The van der Waals surface area contributed by atoms with Crippen molar-refractivity contribution in [2.75, 3.05) is 17.7 Å². The second kappa shape index (κ2) is 6.75. The van der Waals surface area contributed by atoms with E-state index in [0.29, 0.717) is 10.8 Å². The molecule has 0 radical (unpaired) electrons. The molecular formula is C11H14N4O3S2. The fourth-order valence-electron chi connectivity index (χ4n) is 1.49. The third-order valence-corrected chi connectivity index (χ3v) is 4.01. The fraction of sp³-hybridized carbons (Fsp3) is 0.364. The average molecular weight is 314 g/mol. The Labute approximate surface area is 123 Å². The Morgan fingerprint density at radius 3 is 2.75 bits per heavy atom. The molecule has 2 rings (SSSR count). The molecule has 0 fully saturated rings. The number of aryl methyl sites for hydroxylation is 2. The van der Waals surface area contributed by atoms with Gasteiger partial charge in [0.15, 0.2) is 0 Å². The standard InChI is InChI=1S/C11H14N4O3S2/c1-6-4-8(9(19-6)5-18-17-3)12-10(16)13-11-15-14-7(2)20-11/h4H,5H2,1-3H3,(H2,12,13,15,16). The van der Waals surface area contributed by atoms with Gasteiger partial charge in [0.05, 0.1) is 17.7 Å². The number of thiophene rings is 1. The van der Waals surface area contributed by atoms with E-state index < -0.39 is 0 Å². The van der Waals surface area contributed by atoms with E-state index in [1.807, 2.05) is 19.9 Å². The first-order valence-corrected chi connectivity index (χ1v) is 7.35. The van der Waals surface area contributed by atoms with Gasteiger partial charge in [-0.15, -0.1) is 21.5 Å². The Morgan fingerprint density at radius 1 is 1.30 bits per heavy atom. The molecule has 2 aromatic heterocycles. The van der Waals surface area contributed by atoms with Crippen LogP contribution >= 0.6 is 22.7 Å². The highest BCUT2D eigenvalue weighted by Gasteiger charge is 2.12. The number of aromatic nitrogens is 2. The molecule has 0 spiro atoms. The van der Waals surface area contributed by atoms with Gasteiger partial charge in [-0.1, -0.05) is 11.3 Å². The molecule has 2 amide bonds. The van der Waals surface area contributed by atoms with E-state index in [0.717, 1.165) is 14.8 Å². The van der Waals surface area contributed by atoms with Crippen LogP contribution in [0.15, 0.2) is 6.07 Å².